The molecule has 0 aromatic rings. The number of ether oxygens (including phenoxy) is 1. The maximum Gasteiger partial charge on any atom is 0.330 e. The van der Waals surface area contributed by atoms with Crippen molar-refractivity contribution in [1.82, 2.24) is 0 Å². The molecule has 0 unspecified atom stereocenters. The van der Waals surface area contributed by atoms with Gasteiger partial charge in [-0.3, -0.25) is 0 Å². The Hall–Kier alpha value is -0.790. The van der Waals surface area contributed by atoms with Crippen molar-refractivity contribution in [3.63, 3.8) is 0 Å². The van der Waals surface area contributed by atoms with Gasteiger partial charge < -0.3 is 4.74 Å². The van der Waals surface area contributed by atoms with Crippen LogP contribution in [0.2, 0.25) is 0 Å². The molecular weight excluding hydrogens is 140 g/mol. The summed E-state index contributed by atoms with van der Waals surface area (Å²) in [5.41, 5.74) is 0.241. The van der Waals surface area contributed by atoms with E-state index in [1.807, 2.05) is 6.08 Å². The molecule has 64 valence electrons. The van der Waals surface area contributed by atoms with Gasteiger partial charge in [0.25, 0.3) is 0 Å². The van der Waals surface area contributed by atoms with Gasteiger partial charge in [-0.15, -0.1) is 0 Å². The molecule has 0 N–H and O–H groups in total. The molecule has 0 saturated carbocycles. The summed E-state index contributed by atoms with van der Waals surface area (Å²) < 4.78 is 4.44. The highest BCUT2D eigenvalue weighted by molar-refractivity contribution is 5.81. The Kier molecular flexibility index (Phi) is 3.86. The monoisotopic (exact) mass is 156 g/mol. The zero-order valence-electron chi connectivity index (χ0n) is 7.68. The van der Waals surface area contributed by atoms with E-state index in [0.29, 0.717) is 0 Å². The fraction of sp³-hybridized carbons (Fsp3) is 0.667. The molecule has 0 spiro atoms. The lowest BCUT2D eigenvalue weighted by molar-refractivity contribution is -0.134. The third kappa shape index (κ3) is 7.10. The first-order chi connectivity index (χ1) is 4.95. The fourth-order valence-corrected chi connectivity index (χ4v) is 0.577. The van der Waals surface area contributed by atoms with Gasteiger partial charge in [0.1, 0.15) is 0 Å². The van der Waals surface area contributed by atoms with Gasteiger partial charge in [-0.05, 0) is 11.8 Å². The van der Waals surface area contributed by atoms with Crippen molar-refractivity contribution in [1.29, 1.82) is 0 Å². The van der Waals surface area contributed by atoms with Crippen molar-refractivity contribution >= 4 is 5.97 Å². The molecule has 2 nitrogen and oxygen atoms in total. The van der Waals surface area contributed by atoms with Crippen LogP contribution in [-0.4, -0.2) is 13.1 Å². The molecule has 0 aromatic carbocycles. The molecule has 2 heteroatoms. The first-order valence-corrected chi connectivity index (χ1v) is 3.70. The zero-order chi connectivity index (χ0) is 8.91. The average molecular weight is 156 g/mol. The number of carbonyl (C=O) groups excluding carboxylic acids is 1. The quantitative estimate of drug-likeness (QED) is 0.452. The number of esters is 1. The summed E-state index contributed by atoms with van der Waals surface area (Å²) >= 11 is 0. The van der Waals surface area contributed by atoms with Gasteiger partial charge in [-0.25, -0.2) is 4.79 Å². The molecule has 11 heavy (non-hydrogen) atoms. The van der Waals surface area contributed by atoms with E-state index in [-0.39, 0.29) is 11.4 Å². The second-order valence-corrected chi connectivity index (χ2v) is 3.69. The van der Waals surface area contributed by atoms with Crippen LogP contribution in [0, 0.1) is 5.41 Å². The van der Waals surface area contributed by atoms with Crippen LogP contribution in [0.1, 0.15) is 27.2 Å². The molecule has 0 rings (SSSR count). The third-order valence-corrected chi connectivity index (χ3v) is 1.19. The Morgan fingerprint density at radius 1 is 1.45 bits per heavy atom. The Balaban J connectivity index is 3.70. The number of hydrogen-bond donors (Lipinski definition) is 0. The topological polar surface area (TPSA) is 26.3 Å². The van der Waals surface area contributed by atoms with Crippen LogP contribution < -0.4 is 0 Å². The van der Waals surface area contributed by atoms with Crippen LogP contribution in [0.5, 0.6) is 0 Å². The molecule has 0 aliphatic rings. The Morgan fingerprint density at radius 3 is 2.36 bits per heavy atom. The van der Waals surface area contributed by atoms with Gasteiger partial charge in [-0.2, -0.15) is 0 Å². The average Bonchev–Trinajstić information content (AvgIpc) is 1.85. The van der Waals surface area contributed by atoms with Crippen molar-refractivity contribution in [3.8, 4) is 0 Å². The van der Waals surface area contributed by atoms with E-state index in [2.05, 4.69) is 25.5 Å². The second-order valence-electron chi connectivity index (χ2n) is 3.69. The van der Waals surface area contributed by atoms with E-state index in [1.54, 1.807) is 0 Å². The maximum atomic E-state index is 10.6. The first-order valence-electron chi connectivity index (χ1n) is 3.70. The summed E-state index contributed by atoms with van der Waals surface area (Å²) in [6, 6.07) is 0. The minimum atomic E-state index is -0.283. The lowest BCUT2D eigenvalue weighted by Gasteiger charge is -2.13. The summed E-state index contributed by atoms with van der Waals surface area (Å²) in [4.78, 5) is 10.6. The van der Waals surface area contributed by atoms with Crippen molar-refractivity contribution in [2.45, 2.75) is 27.2 Å². The highest BCUT2D eigenvalue weighted by Crippen LogP contribution is 2.18. The second kappa shape index (κ2) is 4.16. The Morgan fingerprint density at radius 2 is 2.00 bits per heavy atom. The number of methoxy groups -OCH3 is 1. The number of hydrogen-bond acceptors (Lipinski definition) is 2. The summed E-state index contributed by atoms with van der Waals surface area (Å²) in [5.74, 6) is -0.283. The van der Waals surface area contributed by atoms with E-state index in [4.69, 9.17) is 0 Å². The van der Waals surface area contributed by atoms with E-state index in [9.17, 15) is 4.79 Å². The van der Waals surface area contributed by atoms with Crippen LogP contribution in [0.25, 0.3) is 0 Å². The van der Waals surface area contributed by atoms with Crippen LogP contribution in [0.4, 0.5) is 0 Å². The van der Waals surface area contributed by atoms with Crippen LogP contribution in [-0.2, 0) is 9.53 Å². The molecule has 0 aromatic heterocycles. The minimum absolute atomic E-state index is 0.241. The summed E-state index contributed by atoms with van der Waals surface area (Å²) in [5, 5.41) is 0. The molecule has 0 saturated heterocycles. The van der Waals surface area contributed by atoms with Crippen molar-refractivity contribution in [2.75, 3.05) is 7.11 Å². The lowest BCUT2D eigenvalue weighted by atomic mass is 9.92. The Bertz CT molecular complexity index is 151. The van der Waals surface area contributed by atoms with Gasteiger partial charge in [0.05, 0.1) is 7.11 Å². The smallest absolute Gasteiger partial charge is 0.330 e. The van der Waals surface area contributed by atoms with Gasteiger partial charge in [-0.1, -0.05) is 26.8 Å². The maximum absolute atomic E-state index is 10.6. The molecule has 0 bridgehead atoms. The predicted octanol–water partition coefficient (Wildman–Crippen LogP) is 2.15. The normalized spacial score (nSPS) is 12.0. The van der Waals surface area contributed by atoms with E-state index < -0.39 is 0 Å². The molecule has 0 atom stereocenters. The molecule has 0 radical (unpaired) electrons. The van der Waals surface area contributed by atoms with Crippen molar-refractivity contribution in [2.24, 2.45) is 5.41 Å². The molecule has 0 aliphatic carbocycles. The highest BCUT2D eigenvalue weighted by atomic mass is 16.5. The third-order valence-electron chi connectivity index (χ3n) is 1.19. The van der Waals surface area contributed by atoms with Gasteiger partial charge in [0, 0.05) is 6.08 Å². The first kappa shape index (κ1) is 10.2. The molecule has 0 heterocycles. The number of allylic oxidation sites excluding steroid dienone is 1. The van der Waals surface area contributed by atoms with Crippen molar-refractivity contribution in [3.05, 3.63) is 12.2 Å². The summed E-state index contributed by atoms with van der Waals surface area (Å²) in [6.07, 6.45) is 4.19. The van der Waals surface area contributed by atoms with Gasteiger partial charge in [0.2, 0.25) is 0 Å². The molecule has 0 amide bonds. The van der Waals surface area contributed by atoms with Gasteiger partial charge in [0.15, 0.2) is 0 Å². The van der Waals surface area contributed by atoms with Crippen LogP contribution in [0.15, 0.2) is 12.2 Å². The Labute approximate surface area is 68.2 Å². The minimum Gasteiger partial charge on any atom is -0.466 e. The summed E-state index contributed by atoms with van der Waals surface area (Å²) in [7, 11) is 1.38. The van der Waals surface area contributed by atoms with Crippen molar-refractivity contribution < 1.29 is 9.53 Å². The molecular formula is C9H16O2. The number of rotatable bonds is 2. The highest BCUT2D eigenvalue weighted by Gasteiger charge is 2.06. The number of carbonyl (C=O) groups is 1. The van der Waals surface area contributed by atoms with Crippen LogP contribution >= 0.6 is 0 Å². The van der Waals surface area contributed by atoms with Gasteiger partial charge >= 0.3 is 5.97 Å². The lowest BCUT2D eigenvalue weighted by Crippen LogP contribution is -2.03. The van der Waals surface area contributed by atoms with E-state index >= 15 is 0 Å². The van der Waals surface area contributed by atoms with E-state index in [1.165, 1.54) is 13.2 Å². The SMILES string of the molecule is COC(=O)/C=C\CC(C)(C)C. The fourth-order valence-electron chi connectivity index (χ4n) is 0.577. The van der Waals surface area contributed by atoms with Crippen LogP contribution in [0.3, 0.4) is 0 Å². The van der Waals surface area contributed by atoms with E-state index in [0.717, 1.165) is 6.42 Å². The predicted molar refractivity (Wildman–Crippen MR) is 45.2 cm³/mol. The molecule has 0 fully saturated rings. The standard InChI is InChI=1S/C9H16O2/c1-9(2,3)7-5-6-8(10)11-4/h5-6H,7H2,1-4H3/b6-5-. The zero-order valence-corrected chi connectivity index (χ0v) is 7.68. The largest absolute Gasteiger partial charge is 0.466 e. The molecule has 0 aliphatic heterocycles. The summed E-state index contributed by atoms with van der Waals surface area (Å²) in [6.45, 7) is 6.36.